The number of hydrogen-bond donors (Lipinski definition) is 2. The van der Waals surface area contributed by atoms with E-state index in [1.165, 1.54) is 0 Å². The highest BCUT2D eigenvalue weighted by Gasteiger charge is 2.13. The lowest BCUT2D eigenvalue weighted by molar-refractivity contribution is -0.120. The Morgan fingerprint density at radius 1 is 1.36 bits per heavy atom. The zero-order valence-corrected chi connectivity index (χ0v) is 10.1. The number of nitrogens with one attached hydrogen (secondary N) is 2. The van der Waals surface area contributed by atoms with Gasteiger partial charge in [0.2, 0.25) is 5.91 Å². The van der Waals surface area contributed by atoms with Crippen molar-refractivity contribution in [3.8, 4) is 0 Å². The van der Waals surface area contributed by atoms with Crippen LogP contribution in [0.25, 0.3) is 0 Å². The minimum absolute atomic E-state index is 0.0777. The van der Waals surface area contributed by atoms with Crippen molar-refractivity contribution in [3.63, 3.8) is 0 Å². The molecule has 0 saturated carbocycles. The highest BCUT2D eigenvalue weighted by atomic mass is 16.1. The summed E-state index contributed by atoms with van der Waals surface area (Å²) in [6.45, 7) is 9.11. The van der Waals surface area contributed by atoms with Gasteiger partial charge < -0.3 is 10.6 Å². The second-order valence-corrected chi connectivity index (χ2v) is 5.10. The first-order valence-electron chi connectivity index (χ1n) is 5.29. The quantitative estimate of drug-likeness (QED) is 0.707. The van der Waals surface area contributed by atoms with Gasteiger partial charge in [-0.3, -0.25) is 4.79 Å². The number of carbonyl (C=O) groups excluding carboxylic acids is 1. The van der Waals surface area contributed by atoms with Gasteiger partial charge in [-0.1, -0.05) is 20.8 Å². The number of likely N-dealkylation sites (N-methyl/N-ethyl adjacent to an activating group) is 1. The van der Waals surface area contributed by atoms with Crippen LogP contribution in [0.5, 0.6) is 0 Å². The largest absolute Gasteiger partial charge is 0.353 e. The molecule has 0 aliphatic rings. The summed E-state index contributed by atoms with van der Waals surface area (Å²) in [5, 5.41) is 5.79. The SMILES string of the molecule is CNCC(=O)NC(C)CCC(C)(C)C. The fourth-order valence-electron chi connectivity index (χ4n) is 1.21. The van der Waals surface area contributed by atoms with Gasteiger partial charge in [-0.05, 0) is 32.2 Å². The van der Waals surface area contributed by atoms with Crippen LogP contribution in [0.2, 0.25) is 0 Å². The Kier molecular flexibility index (Phi) is 5.77. The van der Waals surface area contributed by atoms with Crippen molar-refractivity contribution in [2.75, 3.05) is 13.6 Å². The highest BCUT2D eigenvalue weighted by molar-refractivity contribution is 5.78. The number of hydrogen-bond acceptors (Lipinski definition) is 2. The standard InChI is InChI=1S/C11H24N2O/c1-9(6-7-11(2,3)4)13-10(14)8-12-5/h9,12H,6-8H2,1-5H3,(H,13,14). The molecule has 1 unspecified atom stereocenters. The maximum absolute atomic E-state index is 11.2. The Morgan fingerprint density at radius 2 is 1.93 bits per heavy atom. The van der Waals surface area contributed by atoms with Gasteiger partial charge in [0.1, 0.15) is 0 Å². The molecule has 0 aromatic rings. The second-order valence-electron chi connectivity index (χ2n) is 5.10. The molecule has 0 fully saturated rings. The summed E-state index contributed by atoms with van der Waals surface area (Å²) in [5.74, 6) is 0.0777. The predicted octanol–water partition coefficient (Wildman–Crippen LogP) is 1.54. The Bertz CT molecular complexity index is 173. The fraction of sp³-hybridized carbons (Fsp3) is 0.909. The molecule has 14 heavy (non-hydrogen) atoms. The summed E-state index contributed by atoms with van der Waals surface area (Å²) < 4.78 is 0. The molecule has 0 aliphatic carbocycles. The van der Waals surface area contributed by atoms with Gasteiger partial charge in [-0.2, -0.15) is 0 Å². The second kappa shape index (κ2) is 6.02. The number of carbonyl (C=O) groups is 1. The summed E-state index contributed by atoms with van der Waals surface area (Å²) >= 11 is 0. The van der Waals surface area contributed by atoms with Crippen LogP contribution in [0.1, 0.15) is 40.5 Å². The van der Waals surface area contributed by atoms with Gasteiger partial charge in [0.05, 0.1) is 6.54 Å². The Labute approximate surface area is 87.6 Å². The molecular weight excluding hydrogens is 176 g/mol. The molecule has 0 aromatic carbocycles. The van der Waals surface area contributed by atoms with Crippen molar-refractivity contribution in [2.45, 2.75) is 46.6 Å². The zero-order chi connectivity index (χ0) is 11.2. The summed E-state index contributed by atoms with van der Waals surface area (Å²) in [7, 11) is 1.78. The molecule has 0 aromatic heterocycles. The molecule has 0 aliphatic heterocycles. The molecule has 3 nitrogen and oxygen atoms in total. The molecule has 1 atom stereocenters. The first-order chi connectivity index (χ1) is 6.35. The van der Waals surface area contributed by atoms with Crippen LogP contribution in [0.3, 0.4) is 0 Å². The lowest BCUT2D eigenvalue weighted by Gasteiger charge is -2.21. The van der Waals surface area contributed by atoms with Crippen molar-refractivity contribution in [1.29, 1.82) is 0 Å². The molecule has 1 amide bonds. The average molecular weight is 200 g/mol. The number of amides is 1. The van der Waals surface area contributed by atoms with E-state index in [0.29, 0.717) is 12.0 Å². The van der Waals surface area contributed by atoms with Gasteiger partial charge in [0, 0.05) is 6.04 Å². The van der Waals surface area contributed by atoms with E-state index >= 15 is 0 Å². The third-order valence-corrected chi connectivity index (χ3v) is 2.07. The molecule has 0 saturated heterocycles. The van der Waals surface area contributed by atoms with Gasteiger partial charge in [0.15, 0.2) is 0 Å². The van der Waals surface area contributed by atoms with Crippen molar-refractivity contribution >= 4 is 5.91 Å². The van der Waals surface area contributed by atoms with E-state index in [1.807, 2.05) is 0 Å². The van der Waals surface area contributed by atoms with Crippen molar-refractivity contribution < 1.29 is 4.79 Å². The van der Waals surface area contributed by atoms with Crippen LogP contribution in [0.15, 0.2) is 0 Å². The molecule has 0 bridgehead atoms. The molecule has 0 heterocycles. The lowest BCUT2D eigenvalue weighted by Crippen LogP contribution is -2.38. The molecule has 84 valence electrons. The smallest absolute Gasteiger partial charge is 0.234 e. The molecule has 0 spiro atoms. The molecule has 2 N–H and O–H groups in total. The molecule has 0 rings (SSSR count). The summed E-state index contributed by atoms with van der Waals surface area (Å²) in [5.41, 5.74) is 0.349. The molecule has 0 radical (unpaired) electrons. The van der Waals surface area contributed by atoms with Crippen LogP contribution in [-0.4, -0.2) is 25.5 Å². The maximum atomic E-state index is 11.2. The Hall–Kier alpha value is -0.570. The normalized spacial score (nSPS) is 13.8. The van der Waals surface area contributed by atoms with E-state index in [4.69, 9.17) is 0 Å². The summed E-state index contributed by atoms with van der Waals surface area (Å²) in [4.78, 5) is 11.2. The number of rotatable bonds is 5. The summed E-state index contributed by atoms with van der Waals surface area (Å²) in [6, 6.07) is 0.273. The van der Waals surface area contributed by atoms with Gasteiger partial charge in [-0.25, -0.2) is 0 Å². The Balaban J connectivity index is 3.65. The summed E-state index contributed by atoms with van der Waals surface area (Å²) in [6.07, 6.45) is 2.17. The first kappa shape index (κ1) is 13.4. The van der Waals surface area contributed by atoms with Gasteiger partial charge in [0.25, 0.3) is 0 Å². The third kappa shape index (κ3) is 8.05. The van der Waals surface area contributed by atoms with Gasteiger partial charge >= 0.3 is 0 Å². The van der Waals surface area contributed by atoms with Crippen molar-refractivity contribution in [1.82, 2.24) is 10.6 Å². The predicted molar refractivity (Wildman–Crippen MR) is 60.2 cm³/mol. The molecular formula is C11H24N2O. The first-order valence-corrected chi connectivity index (χ1v) is 5.29. The maximum Gasteiger partial charge on any atom is 0.234 e. The van der Waals surface area contributed by atoms with E-state index in [2.05, 4.69) is 38.3 Å². The minimum atomic E-state index is 0.0777. The van der Waals surface area contributed by atoms with Crippen LogP contribution in [0.4, 0.5) is 0 Å². The van der Waals surface area contributed by atoms with Gasteiger partial charge in [-0.15, -0.1) is 0 Å². The van der Waals surface area contributed by atoms with E-state index in [0.717, 1.165) is 12.8 Å². The zero-order valence-electron chi connectivity index (χ0n) is 10.1. The van der Waals surface area contributed by atoms with Crippen molar-refractivity contribution in [2.24, 2.45) is 5.41 Å². The van der Waals surface area contributed by atoms with E-state index in [-0.39, 0.29) is 11.9 Å². The van der Waals surface area contributed by atoms with Crippen LogP contribution < -0.4 is 10.6 Å². The highest BCUT2D eigenvalue weighted by Crippen LogP contribution is 2.21. The fourth-order valence-corrected chi connectivity index (χ4v) is 1.21. The topological polar surface area (TPSA) is 41.1 Å². The van der Waals surface area contributed by atoms with Crippen LogP contribution >= 0.6 is 0 Å². The Morgan fingerprint density at radius 3 is 2.36 bits per heavy atom. The monoisotopic (exact) mass is 200 g/mol. The van der Waals surface area contributed by atoms with E-state index < -0.39 is 0 Å². The van der Waals surface area contributed by atoms with Crippen LogP contribution in [0, 0.1) is 5.41 Å². The lowest BCUT2D eigenvalue weighted by atomic mass is 9.89. The van der Waals surface area contributed by atoms with E-state index in [1.54, 1.807) is 7.05 Å². The van der Waals surface area contributed by atoms with Crippen molar-refractivity contribution in [3.05, 3.63) is 0 Å². The van der Waals surface area contributed by atoms with E-state index in [9.17, 15) is 4.79 Å². The molecule has 3 heteroatoms. The van der Waals surface area contributed by atoms with Crippen LogP contribution in [-0.2, 0) is 4.79 Å². The minimum Gasteiger partial charge on any atom is -0.353 e. The third-order valence-electron chi connectivity index (χ3n) is 2.07. The average Bonchev–Trinajstić information content (AvgIpc) is 2.00.